The van der Waals surface area contributed by atoms with E-state index in [2.05, 4.69) is 22.0 Å². The second-order valence-electron chi connectivity index (χ2n) is 2.39. The first kappa shape index (κ1) is 13.2. The van der Waals surface area contributed by atoms with Crippen LogP contribution in [-0.4, -0.2) is 44.8 Å². The molecule has 15 heavy (non-hydrogen) atoms. The van der Waals surface area contributed by atoms with Crippen molar-refractivity contribution in [2.45, 2.75) is 0 Å². The Bertz CT molecular complexity index is 392. The van der Waals surface area contributed by atoms with Crippen LogP contribution in [0.25, 0.3) is 0 Å². The Kier molecular flexibility index (Phi) is 5.88. The van der Waals surface area contributed by atoms with Crippen LogP contribution in [0.3, 0.4) is 0 Å². The van der Waals surface area contributed by atoms with E-state index in [4.69, 9.17) is 12.9 Å². The van der Waals surface area contributed by atoms with Gasteiger partial charge in [0.1, 0.15) is 0 Å². The first-order valence-electron chi connectivity index (χ1n) is 3.88. The first-order chi connectivity index (χ1) is 7.22. The van der Waals surface area contributed by atoms with Crippen molar-refractivity contribution >= 4 is 55.4 Å². The van der Waals surface area contributed by atoms with E-state index >= 15 is 0 Å². The molecule has 3 nitrogen and oxygen atoms in total. The molecule has 1 aromatic carbocycles. The zero-order chi connectivity index (χ0) is 11.3. The van der Waals surface area contributed by atoms with E-state index in [0.29, 0.717) is 5.56 Å². The predicted octanol–water partition coefficient (Wildman–Crippen LogP) is 0.103. The van der Waals surface area contributed by atoms with Crippen molar-refractivity contribution in [3.63, 3.8) is 0 Å². The SMILES string of the molecule is CO[Se]c1cc(Br)cc(C#N)c1[Se]OC. The van der Waals surface area contributed by atoms with Gasteiger partial charge in [0, 0.05) is 0 Å². The summed E-state index contributed by atoms with van der Waals surface area (Å²) in [6, 6.07) is 5.98. The van der Waals surface area contributed by atoms with Crippen LogP contribution >= 0.6 is 15.9 Å². The molecule has 0 N–H and O–H groups in total. The van der Waals surface area contributed by atoms with Crippen LogP contribution in [0.1, 0.15) is 5.56 Å². The number of hydrogen-bond donors (Lipinski definition) is 0. The van der Waals surface area contributed by atoms with Gasteiger partial charge in [0.15, 0.2) is 0 Å². The van der Waals surface area contributed by atoms with E-state index in [0.717, 1.165) is 13.4 Å². The molecule has 1 aromatic rings. The summed E-state index contributed by atoms with van der Waals surface area (Å²) >= 11 is 3.19. The van der Waals surface area contributed by atoms with Crippen LogP contribution in [0.15, 0.2) is 16.6 Å². The van der Waals surface area contributed by atoms with Gasteiger partial charge in [-0.15, -0.1) is 0 Å². The molecule has 80 valence electrons. The molecular formula is C9H8BrNO2Se2. The molecular weight excluding hydrogens is 392 g/mol. The molecule has 0 amide bonds. The average Bonchev–Trinajstić information content (AvgIpc) is 2.22. The van der Waals surface area contributed by atoms with E-state index in [9.17, 15) is 0 Å². The zero-order valence-electron chi connectivity index (χ0n) is 8.11. The van der Waals surface area contributed by atoms with Gasteiger partial charge in [-0.1, -0.05) is 0 Å². The molecule has 0 radical (unpaired) electrons. The summed E-state index contributed by atoms with van der Waals surface area (Å²) in [7, 11) is 3.31. The van der Waals surface area contributed by atoms with Gasteiger partial charge in [0.2, 0.25) is 0 Å². The molecule has 0 atom stereocenters. The quantitative estimate of drug-likeness (QED) is 0.674. The van der Waals surface area contributed by atoms with E-state index in [1.54, 1.807) is 14.2 Å². The number of halogens is 1. The fourth-order valence-electron chi connectivity index (χ4n) is 0.973. The Morgan fingerprint density at radius 1 is 1.27 bits per heavy atom. The zero-order valence-corrected chi connectivity index (χ0v) is 13.1. The average molecular weight is 400 g/mol. The molecule has 0 aliphatic rings. The van der Waals surface area contributed by atoms with Crippen LogP contribution in [0.2, 0.25) is 0 Å². The third kappa shape index (κ3) is 3.58. The summed E-state index contributed by atoms with van der Waals surface area (Å²) in [6.07, 6.45) is 0. The molecule has 1 rings (SSSR count). The second kappa shape index (κ2) is 6.67. The van der Waals surface area contributed by atoms with Gasteiger partial charge in [0.05, 0.1) is 0 Å². The van der Waals surface area contributed by atoms with Gasteiger partial charge in [-0.3, -0.25) is 0 Å². The van der Waals surface area contributed by atoms with Gasteiger partial charge in [-0.2, -0.15) is 0 Å². The Labute approximate surface area is 110 Å². The number of benzene rings is 1. The molecule has 0 unspecified atom stereocenters. The van der Waals surface area contributed by atoms with Crippen molar-refractivity contribution < 1.29 is 7.64 Å². The number of nitriles is 1. The van der Waals surface area contributed by atoms with Gasteiger partial charge < -0.3 is 0 Å². The molecule has 0 aromatic heterocycles. The Morgan fingerprint density at radius 3 is 2.47 bits per heavy atom. The van der Waals surface area contributed by atoms with Crippen LogP contribution in [0, 0.1) is 11.3 Å². The molecule has 6 heteroatoms. The van der Waals surface area contributed by atoms with Crippen molar-refractivity contribution in [1.82, 2.24) is 0 Å². The first-order valence-corrected chi connectivity index (χ1v) is 7.78. The molecule has 0 aliphatic heterocycles. The van der Waals surface area contributed by atoms with Gasteiger partial charge in [0.25, 0.3) is 0 Å². The Hall–Kier alpha value is 0.149. The Morgan fingerprint density at radius 2 is 1.93 bits per heavy atom. The Balaban J connectivity index is 3.21. The summed E-state index contributed by atoms with van der Waals surface area (Å²) in [5, 5.41) is 9.01. The van der Waals surface area contributed by atoms with Gasteiger partial charge in [-0.05, 0) is 0 Å². The third-order valence-corrected chi connectivity index (χ3v) is 5.62. The normalized spacial score (nSPS) is 10.0. The minimum absolute atomic E-state index is 0.0645. The third-order valence-electron chi connectivity index (χ3n) is 1.48. The fraction of sp³-hybridized carbons (Fsp3) is 0.222. The van der Waals surface area contributed by atoms with E-state index in [1.165, 1.54) is 0 Å². The summed E-state index contributed by atoms with van der Waals surface area (Å²) in [6.45, 7) is 0. The molecule has 0 spiro atoms. The molecule has 0 fully saturated rings. The molecule has 0 bridgehead atoms. The summed E-state index contributed by atoms with van der Waals surface area (Å²) in [5.74, 6) is 0. The number of hydrogen-bond acceptors (Lipinski definition) is 3. The van der Waals surface area contributed by atoms with E-state index in [-0.39, 0.29) is 30.6 Å². The summed E-state index contributed by atoms with van der Waals surface area (Å²) < 4.78 is 13.3. The standard InChI is InChI=1S/C9H8BrNO2Se2/c1-12-14-8-4-7(10)3-6(5-11)9(8)15-13-2/h3-4H,1-2H3. The van der Waals surface area contributed by atoms with E-state index in [1.807, 2.05) is 12.1 Å². The minimum atomic E-state index is -0.124. The van der Waals surface area contributed by atoms with Crippen molar-refractivity contribution in [1.29, 1.82) is 5.26 Å². The fourth-order valence-corrected chi connectivity index (χ4v) is 4.70. The van der Waals surface area contributed by atoms with Crippen LogP contribution in [0.5, 0.6) is 0 Å². The number of rotatable bonds is 4. The van der Waals surface area contributed by atoms with Crippen molar-refractivity contribution in [2.24, 2.45) is 0 Å². The van der Waals surface area contributed by atoms with Crippen LogP contribution in [-0.2, 0) is 7.64 Å². The molecule has 0 aliphatic carbocycles. The van der Waals surface area contributed by atoms with Crippen molar-refractivity contribution in [3.05, 3.63) is 22.2 Å². The van der Waals surface area contributed by atoms with Crippen molar-refractivity contribution in [2.75, 3.05) is 14.2 Å². The maximum atomic E-state index is 9.01. The molecule has 0 saturated heterocycles. The summed E-state index contributed by atoms with van der Waals surface area (Å²) in [5.41, 5.74) is 0.667. The maximum absolute atomic E-state index is 9.01. The molecule has 0 saturated carbocycles. The predicted molar refractivity (Wildman–Crippen MR) is 63.7 cm³/mol. The summed E-state index contributed by atoms with van der Waals surface area (Å²) in [4.78, 5) is 0. The van der Waals surface area contributed by atoms with E-state index < -0.39 is 0 Å². The van der Waals surface area contributed by atoms with Gasteiger partial charge in [-0.25, -0.2) is 0 Å². The second-order valence-corrected chi connectivity index (χ2v) is 7.19. The van der Waals surface area contributed by atoms with Gasteiger partial charge >= 0.3 is 111 Å². The van der Waals surface area contributed by atoms with Crippen LogP contribution in [0.4, 0.5) is 0 Å². The molecule has 0 heterocycles. The van der Waals surface area contributed by atoms with Crippen LogP contribution < -0.4 is 8.92 Å². The van der Waals surface area contributed by atoms with Crippen molar-refractivity contribution in [3.8, 4) is 6.07 Å². The number of nitrogens with zero attached hydrogens (tertiary/aromatic N) is 1. The monoisotopic (exact) mass is 401 g/mol. The topological polar surface area (TPSA) is 42.2 Å².